The van der Waals surface area contributed by atoms with Crippen LogP contribution in [0.1, 0.15) is 69.0 Å². The number of hydrogen-bond acceptors (Lipinski definition) is 5. The Morgan fingerprint density at radius 3 is 2.64 bits per heavy atom. The fourth-order valence-electron chi connectivity index (χ4n) is 4.60. The lowest BCUT2D eigenvalue weighted by molar-refractivity contribution is -0.133. The van der Waals surface area contributed by atoms with Gasteiger partial charge in [0.05, 0.1) is 0 Å². The highest BCUT2D eigenvalue weighted by Crippen LogP contribution is 2.32. The van der Waals surface area contributed by atoms with Gasteiger partial charge in [-0.3, -0.25) is 4.79 Å². The lowest BCUT2D eigenvalue weighted by Crippen LogP contribution is -2.39. The number of nitrogens with one attached hydrogen (secondary N) is 1. The second-order valence-electron chi connectivity index (χ2n) is 8.12. The van der Waals surface area contributed by atoms with Crippen molar-refractivity contribution in [2.45, 2.75) is 63.7 Å². The number of likely N-dealkylation sites (tertiary alicyclic amines) is 1. The summed E-state index contributed by atoms with van der Waals surface area (Å²) in [6.45, 7) is 3.83. The van der Waals surface area contributed by atoms with Crippen LogP contribution in [0.25, 0.3) is 0 Å². The standard InChI is InChI=1S/C19H30N4O2/c24-18(12-15-5-8-20-13-15)23-9-6-14(7-10-23)11-17-21-19(22-25-17)16-3-1-2-4-16/h14-16,20H,1-13H2/t15-/m0/s1. The van der Waals surface area contributed by atoms with Crippen LogP contribution in [0.4, 0.5) is 0 Å². The van der Waals surface area contributed by atoms with Crippen molar-refractivity contribution >= 4 is 5.91 Å². The SMILES string of the molecule is O=C(C[C@@H]1CCNC1)N1CCC(Cc2nc(C3CCCC3)no2)CC1. The molecule has 0 radical (unpaired) electrons. The zero-order valence-corrected chi connectivity index (χ0v) is 15.1. The third kappa shape index (κ3) is 4.22. The van der Waals surface area contributed by atoms with Crippen molar-refractivity contribution in [3.05, 3.63) is 11.7 Å². The molecule has 3 aliphatic rings. The topological polar surface area (TPSA) is 71.3 Å². The Bertz CT molecular complexity index is 568. The summed E-state index contributed by atoms with van der Waals surface area (Å²) in [6, 6.07) is 0. The Morgan fingerprint density at radius 1 is 1.12 bits per heavy atom. The van der Waals surface area contributed by atoms with Crippen molar-refractivity contribution < 1.29 is 9.32 Å². The Balaban J connectivity index is 1.22. The Kier molecular flexibility index (Phi) is 5.34. The third-order valence-electron chi connectivity index (χ3n) is 6.26. The lowest BCUT2D eigenvalue weighted by Gasteiger charge is -2.32. The summed E-state index contributed by atoms with van der Waals surface area (Å²) in [7, 11) is 0. The predicted molar refractivity (Wildman–Crippen MR) is 94.1 cm³/mol. The van der Waals surface area contributed by atoms with Gasteiger partial charge in [-0.2, -0.15) is 4.98 Å². The first-order valence-corrected chi connectivity index (χ1v) is 10.1. The van der Waals surface area contributed by atoms with Crippen LogP contribution in [-0.2, 0) is 11.2 Å². The Hall–Kier alpha value is -1.43. The minimum Gasteiger partial charge on any atom is -0.343 e. The first-order valence-electron chi connectivity index (χ1n) is 10.1. The molecule has 138 valence electrons. The summed E-state index contributed by atoms with van der Waals surface area (Å²) >= 11 is 0. The van der Waals surface area contributed by atoms with Crippen molar-refractivity contribution in [3.63, 3.8) is 0 Å². The van der Waals surface area contributed by atoms with E-state index >= 15 is 0 Å². The first kappa shape index (κ1) is 17.0. The van der Waals surface area contributed by atoms with E-state index in [0.717, 1.165) is 63.6 Å². The maximum Gasteiger partial charge on any atom is 0.226 e. The van der Waals surface area contributed by atoms with E-state index in [4.69, 9.17) is 4.52 Å². The lowest BCUT2D eigenvalue weighted by atomic mass is 9.93. The van der Waals surface area contributed by atoms with Crippen LogP contribution in [0, 0.1) is 11.8 Å². The summed E-state index contributed by atoms with van der Waals surface area (Å²) in [5.41, 5.74) is 0. The summed E-state index contributed by atoms with van der Waals surface area (Å²) < 4.78 is 5.49. The highest BCUT2D eigenvalue weighted by molar-refractivity contribution is 5.76. The molecule has 0 spiro atoms. The van der Waals surface area contributed by atoms with Crippen LogP contribution in [0.3, 0.4) is 0 Å². The molecule has 2 saturated heterocycles. The number of carbonyl (C=O) groups is 1. The summed E-state index contributed by atoms with van der Waals surface area (Å²) in [5.74, 6) is 3.68. The van der Waals surface area contributed by atoms with Crippen molar-refractivity contribution in [3.8, 4) is 0 Å². The summed E-state index contributed by atoms with van der Waals surface area (Å²) in [4.78, 5) is 19.1. The molecule has 6 heteroatoms. The highest BCUT2D eigenvalue weighted by Gasteiger charge is 2.28. The van der Waals surface area contributed by atoms with Gasteiger partial charge in [-0.25, -0.2) is 0 Å². The van der Waals surface area contributed by atoms with Gasteiger partial charge in [0, 0.05) is 31.8 Å². The van der Waals surface area contributed by atoms with Gasteiger partial charge in [0.15, 0.2) is 5.82 Å². The molecule has 0 bridgehead atoms. The fraction of sp³-hybridized carbons (Fsp3) is 0.842. The normalized spacial score (nSPS) is 25.8. The molecular weight excluding hydrogens is 316 g/mol. The van der Waals surface area contributed by atoms with Gasteiger partial charge in [0.25, 0.3) is 0 Å². The van der Waals surface area contributed by atoms with E-state index in [0.29, 0.717) is 30.1 Å². The van der Waals surface area contributed by atoms with E-state index in [1.165, 1.54) is 25.7 Å². The van der Waals surface area contributed by atoms with Crippen LogP contribution in [0.5, 0.6) is 0 Å². The number of aromatic nitrogens is 2. The number of rotatable bonds is 5. The molecule has 2 aliphatic heterocycles. The monoisotopic (exact) mass is 346 g/mol. The van der Waals surface area contributed by atoms with E-state index in [-0.39, 0.29) is 0 Å². The summed E-state index contributed by atoms with van der Waals surface area (Å²) in [6.07, 6.45) is 9.82. The van der Waals surface area contributed by atoms with Crippen LogP contribution < -0.4 is 5.32 Å². The van der Waals surface area contributed by atoms with Crippen LogP contribution in [0.2, 0.25) is 0 Å². The minimum atomic E-state index is 0.341. The van der Waals surface area contributed by atoms with Crippen molar-refractivity contribution in [1.29, 1.82) is 0 Å². The zero-order chi connectivity index (χ0) is 17.1. The van der Waals surface area contributed by atoms with Gasteiger partial charge in [-0.1, -0.05) is 18.0 Å². The molecule has 3 heterocycles. The third-order valence-corrected chi connectivity index (χ3v) is 6.26. The molecule has 6 nitrogen and oxygen atoms in total. The molecule has 1 saturated carbocycles. The summed E-state index contributed by atoms with van der Waals surface area (Å²) in [5, 5.41) is 7.55. The number of amides is 1. The van der Waals surface area contributed by atoms with E-state index in [1.807, 2.05) is 0 Å². The number of carbonyl (C=O) groups excluding carboxylic acids is 1. The maximum absolute atomic E-state index is 12.4. The van der Waals surface area contributed by atoms with Gasteiger partial charge >= 0.3 is 0 Å². The van der Waals surface area contributed by atoms with Crippen LogP contribution >= 0.6 is 0 Å². The van der Waals surface area contributed by atoms with Gasteiger partial charge in [-0.05, 0) is 57.0 Å². The zero-order valence-electron chi connectivity index (χ0n) is 15.1. The molecule has 1 aliphatic carbocycles. The molecule has 1 amide bonds. The van der Waals surface area contributed by atoms with E-state index < -0.39 is 0 Å². The van der Waals surface area contributed by atoms with Crippen molar-refractivity contribution in [2.24, 2.45) is 11.8 Å². The molecule has 25 heavy (non-hydrogen) atoms. The van der Waals surface area contributed by atoms with Crippen molar-refractivity contribution in [1.82, 2.24) is 20.4 Å². The van der Waals surface area contributed by atoms with Gasteiger partial charge in [-0.15, -0.1) is 0 Å². The molecule has 3 fully saturated rings. The van der Waals surface area contributed by atoms with Crippen LogP contribution in [-0.4, -0.2) is 47.1 Å². The molecule has 1 aromatic heterocycles. The number of piperidine rings is 1. The molecule has 4 rings (SSSR count). The highest BCUT2D eigenvalue weighted by atomic mass is 16.5. The molecule has 1 aromatic rings. The van der Waals surface area contributed by atoms with Crippen LogP contribution in [0.15, 0.2) is 4.52 Å². The molecule has 0 aromatic carbocycles. The Labute approximate surface area is 149 Å². The van der Waals surface area contributed by atoms with Crippen molar-refractivity contribution in [2.75, 3.05) is 26.2 Å². The minimum absolute atomic E-state index is 0.341. The second kappa shape index (κ2) is 7.85. The molecule has 0 unspecified atom stereocenters. The quantitative estimate of drug-likeness (QED) is 0.887. The molecular formula is C19H30N4O2. The first-order chi connectivity index (χ1) is 12.3. The second-order valence-corrected chi connectivity index (χ2v) is 8.12. The Morgan fingerprint density at radius 2 is 1.92 bits per heavy atom. The fourth-order valence-corrected chi connectivity index (χ4v) is 4.60. The maximum atomic E-state index is 12.4. The smallest absolute Gasteiger partial charge is 0.226 e. The van der Waals surface area contributed by atoms with Gasteiger partial charge in [0.2, 0.25) is 11.8 Å². The van der Waals surface area contributed by atoms with E-state index in [2.05, 4.69) is 20.4 Å². The number of hydrogen-bond donors (Lipinski definition) is 1. The predicted octanol–water partition coefficient (Wildman–Crippen LogP) is 2.51. The largest absolute Gasteiger partial charge is 0.343 e. The van der Waals surface area contributed by atoms with E-state index in [1.54, 1.807) is 0 Å². The van der Waals surface area contributed by atoms with Gasteiger partial charge < -0.3 is 14.7 Å². The average molecular weight is 346 g/mol. The molecule has 1 N–H and O–H groups in total. The van der Waals surface area contributed by atoms with Gasteiger partial charge in [0.1, 0.15) is 0 Å². The average Bonchev–Trinajstić information content (AvgIpc) is 3.38. The molecule has 1 atom stereocenters. The van der Waals surface area contributed by atoms with E-state index in [9.17, 15) is 4.79 Å². The number of nitrogens with zero attached hydrogens (tertiary/aromatic N) is 3.